The molecular weight excluding hydrogens is 325 g/mol. The SMILES string of the molecule is CN1CCN(C(=O)c2cc(-c3ccc(Cl)c(Cl)c3)on2)CC1. The minimum atomic E-state index is -0.108. The third kappa shape index (κ3) is 3.11. The number of hydrogen-bond donors (Lipinski definition) is 0. The van der Waals surface area contributed by atoms with Crippen LogP contribution in [0.15, 0.2) is 28.8 Å². The van der Waals surface area contributed by atoms with Gasteiger partial charge >= 0.3 is 0 Å². The molecule has 1 aliphatic rings. The lowest BCUT2D eigenvalue weighted by atomic mass is 10.1. The van der Waals surface area contributed by atoms with E-state index in [0.29, 0.717) is 34.6 Å². The van der Waals surface area contributed by atoms with E-state index in [4.69, 9.17) is 27.7 Å². The molecule has 0 aliphatic carbocycles. The fourth-order valence-corrected chi connectivity index (χ4v) is 2.63. The zero-order chi connectivity index (χ0) is 15.7. The van der Waals surface area contributed by atoms with Gasteiger partial charge in [0.15, 0.2) is 11.5 Å². The lowest BCUT2D eigenvalue weighted by Crippen LogP contribution is -2.47. The van der Waals surface area contributed by atoms with Gasteiger partial charge in [-0.25, -0.2) is 0 Å². The Labute approximate surface area is 138 Å². The van der Waals surface area contributed by atoms with Crippen LogP contribution in [0, 0.1) is 0 Å². The number of carbonyl (C=O) groups excluding carboxylic acids is 1. The monoisotopic (exact) mass is 339 g/mol. The van der Waals surface area contributed by atoms with Gasteiger partial charge in [-0.15, -0.1) is 0 Å². The number of benzene rings is 1. The summed E-state index contributed by atoms with van der Waals surface area (Å²) < 4.78 is 5.27. The molecule has 0 bridgehead atoms. The van der Waals surface area contributed by atoms with Crippen molar-refractivity contribution in [2.75, 3.05) is 33.2 Å². The second-order valence-electron chi connectivity index (χ2n) is 5.30. The first-order valence-electron chi connectivity index (χ1n) is 6.94. The molecule has 0 N–H and O–H groups in total. The Morgan fingerprint density at radius 2 is 1.86 bits per heavy atom. The van der Waals surface area contributed by atoms with Crippen LogP contribution in [0.25, 0.3) is 11.3 Å². The molecule has 5 nitrogen and oxygen atoms in total. The average Bonchev–Trinajstić information content (AvgIpc) is 3.00. The molecule has 1 saturated heterocycles. The smallest absolute Gasteiger partial charge is 0.276 e. The molecule has 2 aromatic rings. The number of rotatable bonds is 2. The van der Waals surface area contributed by atoms with E-state index in [1.165, 1.54) is 0 Å². The summed E-state index contributed by atoms with van der Waals surface area (Å²) >= 11 is 11.9. The molecule has 2 heterocycles. The molecule has 0 radical (unpaired) electrons. The highest BCUT2D eigenvalue weighted by Crippen LogP contribution is 2.29. The molecule has 22 heavy (non-hydrogen) atoms. The van der Waals surface area contributed by atoms with Gasteiger partial charge in [-0.2, -0.15) is 0 Å². The lowest BCUT2D eigenvalue weighted by Gasteiger charge is -2.31. The van der Waals surface area contributed by atoms with Crippen molar-refractivity contribution in [1.82, 2.24) is 15.0 Å². The first kappa shape index (κ1) is 15.3. The van der Waals surface area contributed by atoms with Crippen LogP contribution in [0.4, 0.5) is 0 Å². The van der Waals surface area contributed by atoms with Gasteiger partial charge in [0.25, 0.3) is 5.91 Å². The molecule has 7 heteroatoms. The van der Waals surface area contributed by atoms with Gasteiger partial charge in [0.1, 0.15) is 0 Å². The summed E-state index contributed by atoms with van der Waals surface area (Å²) in [5, 5.41) is 4.79. The molecule has 0 atom stereocenters. The Kier molecular flexibility index (Phi) is 4.38. The highest BCUT2D eigenvalue weighted by atomic mass is 35.5. The maximum absolute atomic E-state index is 12.4. The van der Waals surface area contributed by atoms with Crippen LogP contribution >= 0.6 is 23.2 Å². The second-order valence-corrected chi connectivity index (χ2v) is 6.12. The molecule has 1 amide bonds. The maximum atomic E-state index is 12.4. The van der Waals surface area contributed by atoms with E-state index < -0.39 is 0 Å². The van der Waals surface area contributed by atoms with Gasteiger partial charge < -0.3 is 14.3 Å². The molecule has 0 saturated carbocycles. The van der Waals surface area contributed by atoms with Crippen LogP contribution in [-0.4, -0.2) is 54.1 Å². The number of carbonyl (C=O) groups is 1. The van der Waals surface area contributed by atoms with E-state index in [1.54, 1.807) is 29.2 Å². The summed E-state index contributed by atoms with van der Waals surface area (Å²) in [5.41, 5.74) is 1.05. The van der Waals surface area contributed by atoms with Crippen LogP contribution in [0.1, 0.15) is 10.5 Å². The van der Waals surface area contributed by atoms with Gasteiger partial charge in [0.2, 0.25) is 0 Å². The number of amides is 1. The topological polar surface area (TPSA) is 49.6 Å². The number of likely N-dealkylation sites (N-methyl/N-ethyl adjacent to an activating group) is 1. The molecule has 116 valence electrons. The van der Waals surface area contributed by atoms with Crippen molar-refractivity contribution in [3.8, 4) is 11.3 Å². The first-order valence-corrected chi connectivity index (χ1v) is 7.70. The largest absolute Gasteiger partial charge is 0.355 e. The van der Waals surface area contributed by atoms with Crippen molar-refractivity contribution < 1.29 is 9.32 Å². The Balaban J connectivity index is 1.78. The van der Waals surface area contributed by atoms with Crippen LogP contribution in [0.2, 0.25) is 10.0 Å². The van der Waals surface area contributed by atoms with E-state index in [0.717, 1.165) is 18.7 Å². The fraction of sp³-hybridized carbons (Fsp3) is 0.333. The number of piperazine rings is 1. The van der Waals surface area contributed by atoms with Gasteiger partial charge in [0.05, 0.1) is 10.0 Å². The van der Waals surface area contributed by atoms with Gasteiger partial charge in [-0.3, -0.25) is 4.79 Å². The number of hydrogen-bond acceptors (Lipinski definition) is 4. The zero-order valence-electron chi connectivity index (χ0n) is 12.1. The minimum Gasteiger partial charge on any atom is -0.355 e. The van der Waals surface area contributed by atoms with E-state index in [-0.39, 0.29) is 5.91 Å². The quantitative estimate of drug-likeness (QED) is 0.843. The summed E-state index contributed by atoms with van der Waals surface area (Å²) in [5.74, 6) is 0.388. The van der Waals surface area contributed by atoms with Crippen LogP contribution in [0.3, 0.4) is 0 Å². The lowest BCUT2D eigenvalue weighted by molar-refractivity contribution is 0.0654. The standard InChI is InChI=1S/C15H15Cl2N3O2/c1-19-4-6-20(7-5-19)15(21)13-9-14(22-18-13)10-2-3-11(16)12(17)8-10/h2-3,8-9H,4-7H2,1H3. The predicted octanol–water partition coefficient (Wildman–Crippen LogP) is 3.04. The second kappa shape index (κ2) is 6.28. The number of halogens is 2. The van der Waals surface area contributed by atoms with E-state index >= 15 is 0 Å². The van der Waals surface area contributed by atoms with Crippen molar-refractivity contribution in [3.05, 3.63) is 40.0 Å². The summed E-state index contributed by atoms with van der Waals surface area (Å²) in [6.07, 6.45) is 0. The van der Waals surface area contributed by atoms with E-state index in [9.17, 15) is 4.79 Å². The van der Waals surface area contributed by atoms with Gasteiger partial charge in [-0.05, 0) is 25.2 Å². The predicted molar refractivity (Wildman–Crippen MR) is 85.4 cm³/mol. The number of aromatic nitrogens is 1. The van der Waals surface area contributed by atoms with Crippen LogP contribution in [-0.2, 0) is 0 Å². The minimum absolute atomic E-state index is 0.108. The normalized spacial score (nSPS) is 16.0. The van der Waals surface area contributed by atoms with Crippen molar-refractivity contribution >= 4 is 29.1 Å². The third-order valence-electron chi connectivity index (χ3n) is 3.72. The molecular formula is C15H15Cl2N3O2. The van der Waals surface area contributed by atoms with Gasteiger partial charge in [-0.1, -0.05) is 28.4 Å². The highest BCUT2D eigenvalue weighted by molar-refractivity contribution is 6.42. The third-order valence-corrected chi connectivity index (χ3v) is 4.46. The Morgan fingerprint density at radius 1 is 1.14 bits per heavy atom. The summed E-state index contributed by atoms with van der Waals surface area (Å²) in [6.45, 7) is 3.13. The van der Waals surface area contributed by atoms with Crippen molar-refractivity contribution in [2.24, 2.45) is 0 Å². The molecule has 1 fully saturated rings. The fourth-order valence-electron chi connectivity index (χ4n) is 2.33. The molecule has 3 rings (SSSR count). The van der Waals surface area contributed by atoms with Crippen molar-refractivity contribution in [1.29, 1.82) is 0 Å². The Morgan fingerprint density at radius 3 is 2.55 bits per heavy atom. The summed E-state index contributed by atoms with van der Waals surface area (Å²) in [7, 11) is 2.04. The Hall–Kier alpha value is -1.56. The maximum Gasteiger partial charge on any atom is 0.276 e. The zero-order valence-corrected chi connectivity index (χ0v) is 13.6. The first-order chi connectivity index (χ1) is 10.5. The molecule has 0 unspecified atom stereocenters. The van der Waals surface area contributed by atoms with Gasteiger partial charge in [0, 0.05) is 37.8 Å². The highest BCUT2D eigenvalue weighted by Gasteiger charge is 2.23. The molecule has 0 spiro atoms. The van der Waals surface area contributed by atoms with Crippen LogP contribution < -0.4 is 0 Å². The van der Waals surface area contributed by atoms with Crippen LogP contribution in [0.5, 0.6) is 0 Å². The summed E-state index contributed by atoms with van der Waals surface area (Å²) in [4.78, 5) is 16.4. The van der Waals surface area contributed by atoms with E-state index in [2.05, 4.69) is 10.1 Å². The molecule has 1 aromatic heterocycles. The van der Waals surface area contributed by atoms with E-state index in [1.807, 2.05) is 7.05 Å². The number of nitrogens with zero attached hydrogens (tertiary/aromatic N) is 3. The molecule has 1 aliphatic heterocycles. The molecule has 1 aromatic carbocycles. The van der Waals surface area contributed by atoms with Crippen molar-refractivity contribution in [2.45, 2.75) is 0 Å². The Bertz CT molecular complexity index is 694. The summed E-state index contributed by atoms with van der Waals surface area (Å²) in [6, 6.07) is 6.79. The van der Waals surface area contributed by atoms with Crippen molar-refractivity contribution in [3.63, 3.8) is 0 Å². The average molecular weight is 340 g/mol.